The molecule has 0 fully saturated rings. The third-order valence-electron chi connectivity index (χ3n) is 4.64. The number of rotatable bonds is 2. The van der Waals surface area contributed by atoms with Gasteiger partial charge in [0.15, 0.2) is 11.6 Å². The van der Waals surface area contributed by atoms with Crippen molar-refractivity contribution in [3.05, 3.63) is 77.6 Å². The molecule has 0 aliphatic rings. The molecule has 0 saturated carbocycles. The molecule has 0 N–H and O–H groups in total. The minimum atomic E-state index is 0.710. The van der Waals surface area contributed by atoms with E-state index in [1.807, 2.05) is 18.2 Å². The lowest BCUT2D eigenvalue weighted by molar-refractivity contribution is 1.06. The maximum Gasteiger partial charge on any atom is 0.163 e. The minimum absolute atomic E-state index is 0.710. The summed E-state index contributed by atoms with van der Waals surface area (Å²) in [6.07, 6.45) is 1.60. The Labute approximate surface area is 147 Å². The molecular formula is C22H19N3. The Kier molecular flexibility index (Phi) is 3.77. The largest absolute Gasteiger partial charge is 0.217 e. The quantitative estimate of drug-likeness (QED) is 0.503. The summed E-state index contributed by atoms with van der Waals surface area (Å²) in [6.45, 7) is 6.34. The van der Waals surface area contributed by atoms with Gasteiger partial charge in [-0.2, -0.15) is 0 Å². The summed E-state index contributed by atoms with van der Waals surface area (Å²) in [5, 5.41) is 2.52. The van der Waals surface area contributed by atoms with E-state index in [9.17, 15) is 0 Å². The standard InChI is InChI=1S/C22H19N3/c1-14-7-4-5-9-19(14)22-24-13-23-21(25-22)17-11-16(3)18-10-6-8-15(2)20(18)12-17/h4-13H,1-3H3. The Bertz CT molecular complexity index is 1080. The molecule has 0 amide bonds. The smallest absolute Gasteiger partial charge is 0.163 e. The molecule has 122 valence electrons. The summed E-state index contributed by atoms with van der Waals surface area (Å²) in [5.41, 5.74) is 5.71. The van der Waals surface area contributed by atoms with Crippen LogP contribution in [0.4, 0.5) is 0 Å². The Morgan fingerprint density at radius 2 is 1.40 bits per heavy atom. The Balaban J connectivity index is 1.89. The average molecular weight is 325 g/mol. The molecular weight excluding hydrogens is 306 g/mol. The second-order valence-corrected chi connectivity index (χ2v) is 6.41. The molecule has 1 heterocycles. The van der Waals surface area contributed by atoms with E-state index < -0.39 is 0 Å². The van der Waals surface area contributed by atoms with Crippen molar-refractivity contribution in [2.45, 2.75) is 20.8 Å². The number of nitrogens with zero attached hydrogens (tertiary/aromatic N) is 3. The number of aryl methyl sites for hydroxylation is 3. The van der Waals surface area contributed by atoms with E-state index in [1.165, 1.54) is 21.9 Å². The zero-order valence-electron chi connectivity index (χ0n) is 14.6. The van der Waals surface area contributed by atoms with Gasteiger partial charge in [-0.3, -0.25) is 0 Å². The van der Waals surface area contributed by atoms with Gasteiger partial charge in [0.25, 0.3) is 0 Å². The van der Waals surface area contributed by atoms with Gasteiger partial charge < -0.3 is 0 Å². The van der Waals surface area contributed by atoms with Gasteiger partial charge in [-0.05, 0) is 60.4 Å². The molecule has 0 aliphatic carbocycles. The zero-order chi connectivity index (χ0) is 17.4. The number of hydrogen-bond acceptors (Lipinski definition) is 3. The third-order valence-corrected chi connectivity index (χ3v) is 4.64. The summed E-state index contributed by atoms with van der Waals surface area (Å²) in [6, 6.07) is 18.9. The van der Waals surface area contributed by atoms with Crippen molar-refractivity contribution in [2.75, 3.05) is 0 Å². The fourth-order valence-electron chi connectivity index (χ4n) is 3.24. The van der Waals surface area contributed by atoms with Gasteiger partial charge in [0, 0.05) is 11.1 Å². The number of fused-ring (bicyclic) bond motifs is 1. The molecule has 0 spiro atoms. The van der Waals surface area contributed by atoms with Crippen LogP contribution in [0.15, 0.2) is 60.9 Å². The highest BCUT2D eigenvalue weighted by Gasteiger charge is 2.10. The van der Waals surface area contributed by atoms with Crippen LogP contribution < -0.4 is 0 Å². The van der Waals surface area contributed by atoms with E-state index >= 15 is 0 Å². The maximum absolute atomic E-state index is 4.73. The van der Waals surface area contributed by atoms with Crippen LogP contribution in [0, 0.1) is 20.8 Å². The Morgan fingerprint density at radius 1 is 0.640 bits per heavy atom. The molecule has 0 bridgehead atoms. The Hall–Kier alpha value is -3.07. The summed E-state index contributed by atoms with van der Waals surface area (Å²) in [7, 11) is 0. The van der Waals surface area contributed by atoms with Crippen LogP contribution in [0.2, 0.25) is 0 Å². The van der Waals surface area contributed by atoms with E-state index in [-0.39, 0.29) is 0 Å². The van der Waals surface area contributed by atoms with E-state index in [1.54, 1.807) is 6.33 Å². The molecule has 25 heavy (non-hydrogen) atoms. The third kappa shape index (κ3) is 2.78. The van der Waals surface area contributed by atoms with Crippen LogP contribution in [-0.2, 0) is 0 Å². The summed E-state index contributed by atoms with van der Waals surface area (Å²) in [4.78, 5) is 13.5. The van der Waals surface area contributed by atoms with Crippen LogP contribution in [0.3, 0.4) is 0 Å². The van der Waals surface area contributed by atoms with Gasteiger partial charge in [0.1, 0.15) is 6.33 Å². The highest BCUT2D eigenvalue weighted by molar-refractivity contribution is 5.91. The van der Waals surface area contributed by atoms with Crippen molar-refractivity contribution in [3.8, 4) is 22.8 Å². The van der Waals surface area contributed by atoms with Gasteiger partial charge in [0.2, 0.25) is 0 Å². The lowest BCUT2D eigenvalue weighted by atomic mass is 9.98. The van der Waals surface area contributed by atoms with Crippen LogP contribution in [0.5, 0.6) is 0 Å². The topological polar surface area (TPSA) is 38.7 Å². The van der Waals surface area contributed by atoms with Crippen molar-refractivity contribution in [3.63, 3.8) is 0 Å². The van der Waals surface area contributed by atoms with Gasteiger partial charge in [-0.25, -0.2) is 15.0 Å². The molecule has 0 atom stereocenters. The zero-order valence-corrected chi connectivity index (χ0v) is 14.6. The molecule has 0 aliphatic heterocycles. The van der Waals surface area contributed by atoms with E-state index in [2.05, 4.69) is 67.1 Å². The summed E-state index contributed by atoms with van der Waals surface area (Å²) >= 11 is 0. The van der Waals surface area contributed by atoms with Crippen LogP contribution in [0.1, 0.15) is 16.7 Å². The molecule has 4 rings (SSSR count). The predicted molar refractivity (Wildman–Crippen MR) is 102 cm³/mol. The van der Waals surface area contributed by atoms with E-state index in [0.29, 0.717) is 11.6 Å². The van der Waals surface area contributed by atoms with Crippen LogP contribution in [0.25, 0.3) is 33.5 Å². The van der Waals surface area contributed by atoms with Gasteiger partial charge in [-0.1, -0.05) is 42.5 Å². The fourth-order valence-corrected chi connectivity index (χ4v) is 3.24. The highest BCUT2D eigenvalue weighted by atomic mass is 15.0. The second-order valence-electron chi connectivity index (χ2n) is 6.41. The van der Waals surface area contributed by atoms with Gasteiger partial charge in [0.05, 0.1) is 0 Å². The minimum Gasteiger partial charge on any atom is -0.217 e. The SMILES string of the molecule is Cc1ccccc1-c1ncnc(-c2cc(C)c3cccc(C)c3c2)n1. The van der Waals surface area contributed by atoms with Crippen molar-refractivity contribution in [1.29, 1.82) is 0 Å². The lowest BCUT2D eigenvalue weighted by Gasteiger charge is -2.10. The molecule has 4 aromatic rings. The van der Waals surface area contributed by atoms with Crippen LogP contribution >= 0.6 is 0 Å². The first-order chi connectivity index (χ1) is 12.1. The van der Waals surface area contributed by atoms with Crippen molar-refractivity contribution in [2.24, 2.45) is 0 Å². The predicted octanol–water partition coefficient (Wildman–Crippen LogP) is 5.28. The lowest BCUT2D eigenvalue weighted by Crippen LogP contribution is -1.97. The summed E-state index contributed by atoms with van der Waals surface area (Å²) < 4.78 is 0. The second kappa shape index (κ2) is 6.10. The molecule has 0 saturated heterocycles. The molecule has 3 aromatic carbocycles. The number of aromatic nitrogens is 3. The van der Waals surface area contributed by atoms with Crippen molar-refractivity contribution in [1.82, 2.24) is 15.0 Å². The van der Waals surface area contributed by atoms with Gasteiger partial charge in [-0.15, -0.1) is 0 Å². The van der Waals surface area contributed by atoms with E-state index in [0.717, 1.165) is 16.7 Å². The maximum atomic E-state index is 4.73. The normalized spacial score (nSPS) is 11.0. The first kappa shape index (κ1) is 15.5. The highest BCUT2D eigenvalue weighted by Crippen LogP contribution is 2.28. The molecule has 0 radical (unpaired) electrons. The number of benzene rings is 3. The van der Waals surface area contributed by atoms with E-state index in [4.69, 9.17) is 4.98 Å². The fraction of sp³-hybridized carbons (Fsp3) is 0.136. The average Bonchev–Trinajstić information content (AvgIpc) is 2.63. The number of hydrogen-bond donors (Lipinski definition) is 0. The molecule has 1 aromatic heterocycles. The van der Waals surface area contributed by atoms with Gasteiger partial charge >= 0.3 is 0 Å². The molecule has 3 heteroatoms. The first-order valence-electron chi connectivity index (χ1n) is 8.39. The molecule has 0 unspecified atom stereocenters. The monoisotopic (exact) mass is 325 g/mol. The summed E-state index contributed by atoms with van der Waals surface area (Å²) in [5.74, 6) is 1.42. The molecule has 3 nitrogen and oxygen atoms in total. The van der Waals surface area contributed by atoms with Crippen molar-refractivity contribution >= 4 is 10.8 Å². The van der Waals surface area contributed by atoms with Crippen molar-refractivity contribution < 1.29 is 0 Å². The van der Waals surface area contributed by atoms with Crippen LogP contribution in [-0.4, -0.2) is 15.0 Å². The Morgan fingerprint density at radius 3 is 2.24 bits per heavy atom. The first-order valence-corrected chi connectivity index (χ1v) is 8.39.